The van der Waals surface area contributed by atoms with Crippen molar-refractivity contribution in [3.63, 3.8) is 0 Å². The molecule has 21 heavy (non-hydrogen) atoms. The molecule has 0 saturated carbocycles. The van der Waals surface area contributed by atoms with Crippen molar-refractivity contribution < 1.29 is 9.21 Å². The quantitative estimate of drug-likeness (QED) is 0.801. The van der Waals surface area contributed by atoms with E-state index in [1.165, 1.54) is 0 Å². The summed E-state index contributed by atoms with van der Waals surface area (Å²) >= 11 is 0. The maximum absolute atomic E-state index is 12.1. The number of hydrogen-bond donors (Lipinski definition) is 1. The van der Waals surface area contributed by atoms with Gasteiger partial charge in [-0.05, 0) is 30.2 Å². The van der Waals surface area contributed by atoms with Gasteiger partial charge in [-0.15, -0.1) is 0 Å². The van der Waals surface area contributed by atoms with E-state index in [0.717, 1.165) is 15.8 Å². The van der Waals surface area contributed by atoms with Gasteiger partial charge >= 0.3 is 5.76 Å². The summed E-state index contributed by atoms with van der Waals surface area (Å²) in [4.78, 5) is 23.9. The SMILES string of the molecule is Cc1ccccc1CC(=O)Nn1c(=O)oc2ccccc21. The van der Waals surface area contributed by atoms with Crippen molar-refractivity contribution in [2.75, 3.05) is 5.43 Å². The van der Waals surface area contributed by atoms with Gasteiger partial charge in [-0.2, -0.15) is 4.68 Å². The molecule has 1 heterocycles. The van der Waals surface area contributed by atoms with Crippen molar-refractivity contribution in [2.24, 2.45) is 0 Å². The molecule has 0 aliphatic heterocycles. The van der Waals surface area contributed by atoms with Gasteiger partial charge < -0.3 is 4.42 Å². The third-order valence-corrected chi connectivity index (χ3v) is 3.33. The van der Waals surface area contributed by atoms with Gasteiger partial charge in [0.2, 0.25) is 5.91 Å². The van der Waals surface area contributed by atoms with Gasteiger partial charge in [0.05, 0.1) is 6.42 Å². The van der Waals surface area contributed by atoms with Crippen LogP contribution in [0.1, 0.15) is 11.1 Å². The number of oxazole rings is 1. The summed E-state index contributed by atoms with van der Waals surface area (Å²) in [5.41, 5.74) is 5.53. The number of para-hydroxylation sites is 2. The van der Waals surface area contributed by atoms with Crippen LogP contribution >= 0.6 is 0 Å². The number of carbonyl (C=O) groups excluding carboxylic acids is 1. The molecule has 1 aromatic heterocycles. The monoisotopic (exact) mass is 282 g/mol. The lowest BCUT2D eigenvalue weighted by molar-refractivity contribution is -0.116. The van der Waals surface area contributed by atoms with Crippen LogP contribution in [0.15, 0.2) is 57.7 Å². The third-order valence-electron chi connectivity index (χ3n) is 3.33. The second-order valence-electron chi connectivity index (χ2n) is 4.81. The topological polar surface area (TPSA) is 64.2 Å². The number of benzene rings is 2. The van der Waals surface area contributed by atoms with Crippen molar-refractivity contribution in [1.82, 2.24) is 4.68 Å². The summed E-state index contributed by atoms with van der Waals surface area (Å²) in [6.45, 7) is 1.95. The van der Waals surface area contributed by atoms with Gasteiger partial charge in [-0.25, -0.2) is 4.79 Å². The maximum atomic E-state index is 12.1. The Morgan fingerprint density at radius 3 is 2.67 bits per heavy atom. The average molecular weight is 282 g/mol. The zero-order chi connectivity index (χ0) is 14.8. The van der Waals surface area contributed by atoms with Crippen molar-refractivity contribution in [3.05, 3.63) is 70.2 Å². The molecule has 5 nitrogen and oxygen atoms in total. The number of aryl methyl sites for hydroxylation is 1. The molecule has 0 fully saturated rings. The van der Waals surface area contributed by atoms with E-state index in [0.29, 0.717) is 11.1 Å². The molecule has 5 heteroatoms. The van der Waals surface area contributed by atoms with Crippen LogP contribution in [0.4, 0.5) is 0 Å². The van der Waals surface area contributed by atoms with E-state index < -0.39 is 5.76 Å². The molecule has 3 rings (SSSR count). The summed E-state index contributed by atoms with van der Waals surface area (Å²) in [6, 6.07) is 14.6. The molecule has 1 amide bonds. The molecule has 3 aromatic rings. The summed E-state index contributed by atoms with van der Waals surface area (Å²) in [7, 11) is 0. The van der Waals surface area contributed by atoms with Crippen molar-refractivity contribution in [1.29, 1.82) is 0 Å². The standard InChI is InChI=1S/C16H14N2O3/c1-11-6-2-3-7-12(11)10-15(19)17-18-13-8-4-5-9-14(13)21-16(18)20/h2-9H,10H2,1H3,(H,17,19). The second kappa shape index (κ2) is 5.28. The molecule has 0 bridgehead atoms. The van der Waals surface area contributed by atoms with Crippen LogP contribution in [0.5, 0.6) is 0 Å². The number of carbonyl (C=O) groups is 1. The minimum atomic E-state index is -0.602. The van der Waals surface area contributed by atoms with Gasteiger partial charge in [-0.1, -0.05) is 36.4 Å². The number of nitrogens with one attached hydrogen (secondary N) is 1. The molecule has 0 radical (unpaired) electrons. The molecule has 106 valence electrons. The number of fused-ring (bicyclic) bond motifs is 1. The first-order chi connectivity index (χ1) is 10.1. The highest BCUT2D eigenvalue weighted by Gasteiger charge is 2.12. The van der Waals surface area contributed by atoms with E-state index in [2.05, 4.69) is 5.43 Å². The van der Waals surface area contributed by atoms with E-state index >= 15 is 0 Å². The van der Waals surface area contributed by atoms with Crippen molar-refractivity contribution in [3.8, 4) is 0 Å². The fraction of sp³-hybridized carbons (Fsp3) is 0.125. The number of nitrogens with zero attached hydrogens (tertiary/aromatic N) is 1. The average Bonchev–Trinajstić information content (AvgIpc) is 2.78. The summed E-state index contributed by atoms with van der Waals surface area (Å²) in [5, 5.41) is 0. The minimum Gasteiger partial charge on any atom is -0.406 e. The van der Waals surface area contributed by atoms with Crippen LogP contribution in [0.2, 0.25) is 0 Å². The second-order valence-corrected chi connectivity index (χ2v) is 4.81. The van der Waals surface area contributed by atoms with E-state index in [4.69, 9.17) is 4.42 Å². The number of hydrogen-bond acceptors (Lipinski definition) is 3. The van der Waals surface area contributed by atoms with Gasteiger partial charge in [0.1, 0.15) is 5.52 Å². The predicted molar refractivity (Wildman–Crippen MR) is 79.7 cm³/mol. The molecule has 0 atom stereocenters. The molecule has 0 unspecified atom stereocenters. The van der Waals surface area contributed by atoms with Gasteiger partial charge in [0.25, 0.3) is 0 Å². The lowest BCUT2D eigenvalue weighted by Crippen LogP contribution is -2.31. The molecule has 0 aliphatic rings. The van der Waals surface area contributed by atoms with Crippen molar-refractivity contribution >= 4 is 17.0 Å². The zero-order valence-corrected chi connectivity index (χ0v) is 11.5. The Bertz CT molecular complexity index is 861. The maximum Gasteiger partial charge on any atom is 0.439 e. The van der Waals surface area contributed by atoms with Crippen molar-refractivity contribution in [2.45, 2.75) is 13.3 Å². The highest BCUT2D eigenvalue weighted by atomic mass is 16.4. The van der Waals surface area contributed by atoms with Crippen LogP contribution in [0.3, 0.4) is 0 Å². The molecule has 0 saturated heterocycles. The number of aromatic nitrogens is 1. The fourth-order valence-electron chi connectivity index (χ4n) is 2.22. The Morgan fingerprint density at radius 1 is 1.14 bits per heavy atom. The van der Waals surface area contributed by atoms with E-state index in [-0.39, 0.29) is 12.3 Å². The van der Waals surface area contributed by atoms with E-state index in [1.807, 2.05) is 31.2 Å². The molecule has 0 spiro atoms. The summed E-state index contributed by atoms with van der Waals surface area (Å²) in [5.74, 6) is -0.868. The molecule has 0 aliphatic carbocycles. The smallest absolute Gasteiger partial charge is 0.406 e. The Hall–Kier alpha value is -2.82. The lowest BCUT2D eigenvalue weighted by Gasteiger charge is -2.07. The van der Waals surface area contributed by atoms with Crippen LogP contribution < -0.4 is 11.2 Å². The van der Waals surface area contributed by atoms with Gasteiger partial charge in [0.15, 0.2) is 5.58 Å². The van der Waals surface area contributed by atoms with Gasteiger partial charge in [-0.3, -0.25) is 10.2 Å². The first-order valence-corrected chi connectivity index (χ1v) is 6.60. The first kappa shape index (κ1) is 13.2. The summed E-state index contributed by atoms with van der Waals surface area (Å²) < 4.78 is 6.20. The van der Waals surface area contributed by atoms with Crippen LogP contribution in [-0.4, -0.2) is 10.6 Å². The fourth-order valence-corrected chi connectivity index (χ4v) is 2.22. The lowest BCUT2D eigenvalue weighted by atomic mass is 10.1. The zero-order valence-electron chi connectivity index (χ0n) is 11.5. The van der Waals surface area contributed by atoms with E-state index in [9.17, 15) is 9.59 Å². The predicted octanol–water partition coefficient (Wildman–Crippen LogP) is 2.22. The minimum absolute atomic E-state index is 0.207. The Balaban J connectivity index is 1.86. The highest BCUT2D eigenvalue weighted by molar-refractivity contribution is 5.87. The highest BCUT2D eigenvalue weighted by Crippen LogP contribution is 2.11. The third kappa shape index (κ3) is 2.58. The Morgan fingerprint density at radius 2 is 1.86 bits per heavy atom. The molecule has 2 aromatic carbocycles. The molecular weight excluding hydrogens is 268 g/mol. The Labute approximate surface area is 120 Å². The largest absolute Gasteiger partial charge is 0.439 e. The van der Waals surface area contributed by atoms with E-state index in [1.54, 1.807) is 24.3 Å². The van der Waals surface area contributed by atoms with Crippen LogP contribution in [-0.2, 0) is 11.2 Å². The Kier molecular flexibility index (Phi) is 3.31. The molecular formula is C16H14N2O3. The molecule has 1 N–H and O–H groups in total. The van der Waals surface area contributed by atoms with Gasteiger partial charge in [0, 0.05) is 0 Å². The normalized spacial score (nSPS) is 10.7. The number of amides is 1. The van der Waals surface area contributed by atoms with Crippen LogP contribution in [0.25, 0.3) is 11.1 Å². The number of rotatable bonds is 3. The van der Waals surface area contributed by atoms with Crippen LogP contribution in [0, 0.1) is 6.92 Å². The first-order valence-electron chi connectivity index (χ1n) is 6.60. The summed E-state index contributed by atoms with van der Waals surface area (Å²) in [6.07, 6.45) is 0.207.